The van der Waals surface area contributed by atoms with Crippen LogP contribution < -0.4 is 9.62 Å². The third-order valence-corrected chi connectivity index (χ3v) is 7.63. The van der Waals surface area contributed by atoms with Crippen LogP contribution in [0.25, 0.3) is 0 Å². The standard InChI is InChI=1S/C23H26N2O5S/c26-22(24-19-8-2-3-9-19)16-30-23(27)18-11-13-20(14-12-18)31(28,29)25-15-5-7-17-6-1-4-10-21(17)25/h1,4,6,10-14,19H,2-3,5,7-9,15-16H2,(H,24,26). The molecule has 1 aliphatic carbocycles. The van der Waals surface area contributed by atoms with Crippen LogP contribution >= 0.6 is 0 Å². The van der Waals surface area contributed by atoms with E-state index in [4.69, 9.17) is 4.74 Å². The molecule has 0 saturated heterocycles. The van der Waals surface area contributed by atoms with Gasteiger partial charge in [0.05, 0.1) is 16.1 Å². The number of sulfonamides is 1. The average molecular weight is 443 g/mol. The van der Waals surface area contributed by atoms with Crippen molar-refractivity contribution in [3.8, 4) is 0 Å². The Morgan fingerprint density at radius 3 is 2.45 bits per heavy atom. The summed E-state index contributed by atoms with van der Waals surface area (Å²) in [7, 11) is -3.74. The van der Waals surface area contributed by atoms with Gasteiger partial charge in [-0.2, -0.15) is 0 Å². The summed E-state index contributed by atoms with van der Waals surface area (Å²) in [5, 5.41) is 2.86. The highest BCUT2D eigenvalue weighted by Crippen LogP contribution is 2.31. The molecule has 164 valence electrons. The van der Waals surface area contributed by atoms with E-state index < -0.39 is 16.0 Å². The summed E-state index contributed by atoms with van der Waals surface area (Å²) in [4.78, 5) is 24.3. The van der Waals surface area contributed by atoms with Crippen molar-refractivity contribution < 1.29 is 22.7 Å². The lowest BCUT2D eigenvalue weighted by Gasteiger charge is -2.30. The molecule has 0 atom stereocenters. The zero-order valence-corrected chi connectivity index (χ0v) is 18.1. The van der Waals surface area contributed by atoms with Crippen LogP contribution in [-0.2, 0) is 26.0 Å². The molecule has 0 aromatic heterocycles. The fourth-order valence-electron chi connectivity index (χ4n) is 4.19. The number of nitrogens with one attached hydrogen (secondary N) is 1. The molecule has 7 nitrogen and oxygen atoms in total. The van der Waals surface area contributed by atoms with Crippen molar-refractivity contribution >= 4 is 27.6 Å². The lowest BCUT2D eigenvalue weighted by Crippen LogP contribution is -2.36. The first-order valence-corrected chi connectivity index (χ1v) is 12.1. The SMILES string of the molecule is O=C(COC(=O)c1ccc(S(=O)(=O)N2CCCc3ccccc32)cc1)NC1CCCC1. The second-order valence-corrected chi connectivity index (χ2v) is 9.82. The smallest absolute Gasteiger partial charge is 0.338 e. The van der Waals surface area contributed by atoms with Gasteiger partial charge < -0.3 is 10.1 Å². The molecular formula is C23H26N2O5S. The van der Waals surface area contributed by atoms with Gasteiger partial charge in [0.2, 0.25) is 0 Å². The minimum absolute atomic E-state index is 0.111. The quantitative estimate of drug-likeness (QED) is 0.694. The van der Waals surface area contributed by atoms with E-state index >= 15 is 0 Å². The molecule has 0 radical (unpaired) electrons. The van der Waals surface area contributed by atoms with Crippen LogP contribution in [0.2, 0.25) is 0 Å². The maximum absolute atomic E-state index is 13.2. The fraction of sp³-hybridized carbons (Fsp3) is 0.391. The number of hydrogen-bond donors (Lipinski definition) is 1. The molecular weight excluding hydrogens is 416 g/mol. The van der Waals surface area contributed by atoms with Gasteiger partial charge in [0.25, 0.3) is 15.9 Å². The Hall–Kier alpha value is -2.87. The van der Waals surface area contributed by atoms with Crippen molar-refractivity contribution in [3.05, 3.63) is 59.7 Å². The predicted octanol–water partition coefficient (Wildman–Crippen LogP) is 3.04. The normalized spacial score (nSPS) is 16.6. The largest absolute Gasteiger partial charge is 0.452 e. The summed E-state index contributed by atoms with van der Waals surface area (Å²) >= 11 is 0. The molecule has 1 saturated carbocycles. The van der Waals surface area contributed by atoms with Crippen LogP contribution in [0.3, 0.4) is 0 Å². The van der Waals surface area contributed by atoms with Gasteiger partial charge >= 0.3 is 5.97 Å². The molecule has 1 fully saturated rings. The van der Waals surface area contributed by atoms with E-state index in [2.05, 4.69) is 5.32 Å². The Morgan fingerprint density at radius 2 is 1.71 bits per heavy atom. The Morgan fingerprint density at radius 1 is 1.00 bits per heavy atom. The number of amides is 1. The van der Waals surface area contributed by atoms with Gasteiger partial charge in [0.15, 0.2) is 6.61 Å². The maximum atomic E-state index is 13.2. The van der Waals surface area contributed by atoms with Crippen molar-refractivity contribution in [2.75, 3.05) is 17.5 Å². The highest BCUT2D eigenvalue weighted by Gasteiger charge is 2.29. The lowest BCUT2D eigenvalue weighted by molar-refractivity contribution is -0.124. The summed E-state index contributed by atoms with van der Waals surface area (Å²) in [6, 6.07) is 13.3. The zero-order chi connectivity index (χ0) is 21.8. The van der Waals surface area contributed by atoms with E-state index in [1.165, 1.54) is 28.6 Å². The van der Waals surface area contributed by atoms with Crippen LogP contribution in [0.5, 0.6) is 0 Å². The summed E-state index contributed by atoms with van der Waals surface area (Å²) < 4.78 is 32.8. The average Bonchev–Trinajstić information content (AvgIpc) is 3.30. The molecule has 31 heavy (non-hydrogen) atoms. The molecule has 8 heteroatoms. The summed E-state index contributed by atoms with van der Waals surface area (Å²) in [5.41, 5.74) is 1.91. The number of esters is 1. The zero-order valence-electron chi connectivity index (χ0n) is 17.2. The topological polar surface area (TPSA) is 92.8 Å². The first-order valence-electron chi connectivity index (χ1n) is 10.6. The highest BCUT2D eigenvalue weighted by atomic mass is 32.2. The number of ether oxygens (including phenoxy) is 1. The molecule has 4 rings (SSSR count). The number of anilines is 1. The first-order chi connectivity index (χ1) is 14.9. The molecule has 0 spiro atoms. The Labute approximate surface area is 182 Å². The van der Waals surface area contributed by atoms with Crippen molar-refractivity contribution in [2.45, 2.75) is 49.5 Å². The number of benzene rings is 2. The Balaban J connectivity index is 1.40. The monoisotopic (exact) mass is 442 g/mol. The molecule has 1 amide bonds. The number of rotatable bonds is 6. The van der Waals surface area contributed by atoms with Crippen molar-refractivity contribution in [2.24, 2.45) is 0 Å². The van der Waals surface area contributed by atoms with Gasteiger partial charge in [-0.3, -0.25) is 9.10 Å². The molecule has 1 aliphatic heterocycles. The molecule has 2 aromatic rings. The van der Waals surface area contributed by atoms with Crippen LogP contribution in [0.1, 0.15) is 48.0 Å². The van der Waals surface area contributed by atoms with Gasteiger partial charge in [0.1, 0.15) is 0 Å². The van der Waals surface area contributed by atoms with E-state index in [0.717, 1.165) is 44.1 Å². The summed E-state index contributed by atoms with van der Waals surface area (Å²) in [6.07, 6.45) is 5.71. The van der Waals surface area contributed by atoms with Gasteiger partial charge in [0, 0.05) is 12.6 Å². The van der Waals surface area contributed by atoms with E-state index in [0.29, 0.717) is 12.2 Å². The van der Waals surface area contributed by atoms with Gasteiger partial charge in [-0.1, -0.05) is 31.0 Å². The maximum Gasteiger partial charge on any atom is 0.338 e. The molecule has 1 N–H and O–H groups in total. The van der Waals surface area contributed by atoms with E-state index in [1.54, 1.807) is 0 Å². The second kappa shape index (κ2) is 9.09. The van der Waals surface area contributed by atoms with Crippen molar-refractivity contribution in [1.29, 1.82) is 0 Å². The molecule has 1 heterocycles. The van der Waals surface area contributed by atoms with Crippen LogP contribution in [0.15, 0.2) is 53.4 Å². The van der Waals surface area contributed by atoms with Gasteiger partial charge in [-0.25, -0.2) is 13.2 Å². The van der Waals surface area contributed by atoms with Crippen LogP contribution in [0, 0.1) is 0 Å². The minimum Gasteiger partial charge on any atom is -0.452 e. The van der Waals surface area contributed by atoms with E-state index in [-0.39, 0.29) is 29.0 Å². The Bertz CT molecular complexity index is 1060. The van der Waals surface area contributed by atoms with E-state index in [9.17, 15) is 18.0 Å². The number of nitrogens with zero attached hydrogens (tertiary/aromatic N) is 1. The van der Waals surface area contributed by atoms with Crippen molar-refractivity contribution in [1.82, 2.24) is 5.32 Å². The first kappa shape index (κ1) is 21.4. The minimum atomic E-state index is -3.74. The van der Waals surface area contributed by atoms with Crippen LogP contribution in [-0.4, -0.2) is 39.5 Å². The summed E-state index contributed by atoms with van der Waals surface area (Å²) in [6.45, 7) is 0.0686. The van der Waals surface area contributed by atoms with E-state index in [1.807, 2.05) is 24.3 Å². The fourth-order valence-corrected chi connectivity index (χ4v) is 5.73. The molecule has 0 unspecified atom stereocenters. The number of carbonyl (C=O) groups is 2. The Kier molecular flexibility index (Phi) is 6.27. The molecule has 0 bridgehead atoms. The predicted molar refractivity (Wildman–Crippen MR) is 116 cm³/mol. The van der Waals surface area contributed by atoms with Gasteiger partial charge in [-0.05, 0) is 61.6 Å². The third kappa shape index (κ3) is 4.74. The number of hydrogen-bond acceptors (Lipinski definition) is 5. The number of aryl methyl sites for hydroxylation is 1. The number of para-hydroxylation sites is 1. The molecule has 2 aliphatic rings. The third-order valence-electron chi connectivity index (χ3n) is 5.80. The van der Waals surface area contributed by atoms with Crippen molar-refractivity contribution in [3.63, 3.8) is 0 Å². The lowest BCUT2D eigenvalue weighted by atomic mass is 10.0. The number of carbonyl (C=O) groups excluding carboxylic acids is 2. The number of fused-ring (bicyclic) bond motifs is 1. The van der Waals surface area contributed by atoms with Crippen LogP contribution in [0.4, 0.5) is 5.69 Å². The van der Waals surface area contributed by atoms with Gasteiger partial charge in [-0.15, -0.1) is 0 Å². The summed E-state index contributed by atoms with van der Waals surface area (Å²) in [5.74, 6) is -0.975. The molecule has 2 aromatic carbocycles. The second-order valence-electron chi connectivity index (χ2n) is 7.96. The highest BCUT2D eigenvalue weighted by molar-refractivity contribution is 7.92.